The van der Waals surface area contributed by atoms with Crippen LogP contribution in [0.15, 0.2) is 24.3 Å². The molecule has 0 unspecified atom stereocenters. The highest BCUT2D eigenvalue weighted by molar-refractivity contribution is 5.96. The van der Waals surface area contributed by atoms with E-state index in [2.05, 4.69) is 5.32 Å². The largest absolute Gasteiger partial charge is 0.480 e. The van der Waals surface area contributed by atoms with Crippen LogP contribution in [0, 0.1) is 0 Å². The molecule has 6 heteroatoms. The zero-order chi connectivity index (χ0) is 15.4. The lowest BCUT2D eigenvalue weighted by Crippen LogP contribution is -2.37. The van der Waals surface area contributed by atoms with Gasteiger partial charge in [-0.1, -0.05) is 12.1 Å². The Morgan fingerprint density at radius 1 is 1.24 bits per heavy atom. The summed E-state index contributed by atoms with van der Waals surface area (Å²) in [6, 6.07) is 6.89. The normalized spacial score (nSPS) is 13.6. The minimum absolute atomic E-state index is 0.0488. The van der Waals surface area contributed by atoms with Crippen LogP contribution < -0.4 is 5.32 Å². The number of carbonyl (C=O) groups is 3. The Morgan fingerprint density at radius 3 is 2.33 bits per heavy atom. The summed E-state index contributed by atoms with van der Waals surface area (Å²) in [6.45, 7) is 1.58. The van der Waals surface area contributed by atoms with Crippen molar-refractivity contribution in [3.63, 3.8) is 0 Å². The Balaban J connectivity index is 2.04. The molecule has 1 saturated carbocycles. The van der Waals surface area contributed by atoms with E-state index in [-0.39, 0.29) is 24.4 Å². The van der Waals surface area contributed by atoms with Crippen molar-refractivity contribution in [1.29, 1.82) is 0 Å². The Kier molecular flexibility index (Phi) is 4.57. The first kappa shape index (κ1) is 15.0. The van der Waals surface area contributed by atoms with E-state index in [1.807, 2.05) is 0 Å². The van der Waals surface area contributed by atoms with Gasteiger partial charge in [-0.25, -0.2) is 0 Å². The van der Waals surface area contributed by atoms with Crippen molar-refractivity contribution >= 4 is 17.8 Å². The van der Waals surface area contributed by atoms with E-state index in [4.69, 9.17) is 5.11 Å². The number of rotatable bonds is 6. The van der Waals surface area contributed by atoms with Crippen LogP contribution in [0.25, 0.3) is 0 Å². The van der Waals surface area contributed by atoms with Crippen LogP contribution in [0.2, 0.25) is 0 Å². The maximum Gasteiger partial charge on any atom is 0.323 e. The second-order valence-electron chi connectivity index (χ2n) is 5.16. The van der Waals surface area contributed by atoms with E-state index < -0.39 is 5.97 Å². The number of hydrogen-bond acceptors (Lipinski definition) is 3. The number of nitrogens with zero attached hydrogens (tertiary/aromatic N) is 1. The standard InChI is InChI=1S/C15H18N2O4/c1-10(18)16-8-11-2-4-12(5-3-11)15(21)17(9-14(19)20)13-6-7-13/h2-5,13H,6-9H2,1H3,(H,16,18)(H,19,20). The lowest BCUT2D eigenvalue weighted by atomic mass is 10.1. The van der Waals surface area contributed by atoms with Gasteiger partial charge in [-0.2, -0.15) is 0 Å². The van der Waals surface area contributed by atoms with Gasteiger partial charge in [0.15, 0.2) is 0 Å². The summed E-state index contributed by atoms with van der Waals surface area (Å²) >= 11 is 0. The molecule has 6 nitrogen and oxygen atoms in total. The number of amides is 2. The van der Waals surface area contributed by atoms with E-state index in [9.17, 15) is 14.4 Å². The lowest BCUT2D eigenvalue weighted by Gasteiger charge is -2.20. The van der Waals surface area contributed by atoms with Crippen LogP contribution in [0.1, 0.15) is 35.7 Å². The smallest absolute Gasteiger partial charge is 0.323 e. The highest BCUT2D eigenvalue weighted by atomic mass is 16.4. The second kappa shape index (κ2) is 6.39. The Labute approximate surface area is 122 Å². The third-order valence-corrected chi connectivity index (χ3v) is 3.30. The Morgan fingerprint density at radius 2 is 1.86 bits per heavy atom. The van der Waals surface area contributed by atoms with Gasteiger partial charge in [0.2, 0.25) is 5.91 Å². The first-order valence-electron chi connectivity index (χ1n) is 6.83. The maximum atomic E-state index is 12.3. The van der Waals surface area contributed by atoms with Crippen LogP contribution >= 0.6 is 0 Å². The fourth-order valence-corrected chi connectivity index (χ4v) is 2.06. The first-order chi connectivity index (χ1) is 9.97. The number of nitrogens with one attached hydrogen (secondary N) is 1. The molecule has 1 aromatic rings. The number of hydrogen-bond donors (Lipinski definition) is 2. The fourth-order valence-electron chi connectivity index (χ4n) is 2.06. The van der Waals surface area contributed by atoms with Gasteiger partial charge in [-0.15, -0.1) is 0 Å². The van der Waals surface area contributed by atoms with E-state index in [1.165, 1.54) is 11.8 Å². The molecule has 21 heavy (non-hydrogen) atoms. The number of carbonyl (C=O) groups excluding carboxylic acids is 2. The predicted molar refractivity (Wildman–Crippen MR) is 75.7 cm³/mol. The minimum atomic E-state index is -1.00. The quantitative estimate of drug-likeness (QED) is 0.818. The summed E-state index contributed by atoms with van der Waals surface area (Å²) in [7, 11) is 0. The highest BCUT2D eigenvalue weighted by Crippen LogP contribution is 2.28. The summed E-state index contributed by atoms with van der Waals surface area (Å²) in [5.41, 5.74) is 1.35. The van der Waals surface area contributed by atoms with Crippen molar-refractivity contribution < 1.29 is 19.5 Å². The molecule has 2 rings (SSSR count). The maximum absolute atomic E-state index is 12.3. The molecule has 1 aliphatic rings. The Bertz CT molecular complexity index is 549. The van der Waals surface area contributed by atoms with Crippen molar-refractivity contribution in [2.75, 3.05) is 6.54 Å². The van der Waals surface area contributed by atoms with Crippen LogP contribution in [-0.2, 0) is 16.1 Å². The van der Waals surface area contributed by atoms with E-state index in [0.717, 1.165) is 18.4 Å². The molecule has 0 radical (unpaired) electrons. The first-order valence-corrected chi connectivity index (χ1v) is 6.83. The second-order valence-corrected chi connectivity index (χ2v) is 5.16. The zero-order valence-corrected chi connectivity index (χ0v) is 11.8. The molecule has 1 aromatic carbocycles. The molecule has 0 spiro atoms. The molecule has 2 N–H and O–H groups in total. The molecule has 1 aliphatic carbocycles. The molecule has 1 fully saturated rings. The molecule has 0 saturated heterocycles. The van der Waals surface area contributed by atoms with Crippen molar-refractivity contribution in [1.82, 2.24) is 10.2 Å². The van der Waals surface area contributed by atoms with E-state index in [0.29, 0.717) is 12.1 Å². The monoisotopic (exact) mass is 290 g/mol. The topological polar surface area (TPSA) is 86.7 Å². The van der Waals surface area contributed by atoms with E-state index >= 15 is 0 Å². The molecular weight excluding hydrogens is 272 g/mol. The summed E-state index contributed by atoms with van der Waals surface area (Å²) in [4.78, 5) is 35.4. The van der Waals surface area contributed by atoms with Gasteiger partial charge in [0, 0.05) is 25.1 Å². The lowest BCUT2D eigenvalue weighted by molar-refractivity contribution is -0.137. The fraction of sp³-hybridized carbons (Fsp3) is 0.400. The molecular formula is C15H18N2O4. The van der Waals surface area contributed by atoms with Gasteiger partial charge < -0.3 is 15.3 Å². The van der Waals surface area contributed by atoms with Gasteiger partial charge in [0.1, 0.15) is 6.54 Å². The molecule has 0 aromatic heterocycles. The molecule has 0 aliphatic heterocycles. The summed E-state index contributed by atoms with van der Waals surface area (Å²) < 4.78 is 0. The zero-order valence-electron chi connectivity index (χ0n) is 11.8. The average molecular weight is 290 g/mol. The van der Waals surface area contributed by atoms with Crippen molar-refractivity contribution in [3.05, 3.63) is 35.4 Å². The third-order valence-electron chi connectivity index (χ3n) is 3.30. The number of carboxylic acid groups (broad SMARTS) is 1. The van der Waals surface area contributed by atoms with Crippen molar-refractivity contribution in [2.24, 2.45) is 0 Å². The van der Waals surface area contributed by atoms with Crippen LogP contribution in [0.4, 0.5) is 0 Å². The molecule has 0 atom stereocenters. The summed E-state index contributed by atoms with van der Waals surface area (Å²) in [5.74, 6) is -1.37. The molecule has 2 amide bonds. The van der Waals surface area contributed by atoms with Gasteiger partial charge in [0.05, 0.1) is 0 Å². The number of carboxylic acids is 1. The SMILES string of the molecule is CC(=O)NCc1ccc(C(=O)N(CC(=O)O)C2CC2)cc1. The summed E-state index contributed by atoms with van der Waals surface area (Å²) in [6.07, 6.45) is 1.72. The van der Waals surface area contributed by atoms with E-state index in [1.54, 1.807) is 24.3 Å². The van der Waals surface area contributed by atoms with Gasteiger partial charge in [-0.05, 0) is 30.5 Å². The van der Waals surface area contributed by atoms with Crippen LogP contribution in [-0.4, -0.2) is 40.4 Å². The number of aliphatic carboxylic acids is 1. The average Bonchev–Trinajstić information content (AvgIpc) is 3.26. The summed E-state index contributed by atoms with van der Waals surface area (Å²) in [5, 5.41) is 11.6. The van der Waals surface area contributed by atoms with Gasteiger partial charge >= 0.3 is 5.97 Å². The predicted octanol–water partition coefficient (Wildman–Crippen LogP) is 1.01. The molecule has 112 valence electrons. The molecule has 0 heterocycles. The minimum Gasteiger partial charge on any atom is -0.480 e. The van der Waals surface area contributed by atoms with Crippen LogP contribution in [0.3, 0.4) is 0 Å². The molecule has 0 bridgehead atoms. The van der Waals surface area contributed by atoms with Gasteiger partial charge in [0.25, 0.3) is 5.91 Å². The van der Waals surface area contributed by atoms with Gasteiger partial charge in [-0.3, -0.25) is 14.4 Å². The van der Waals surface area contributed by atoms with Crippen molar-refractivity contribution in [2.45, 2.75) is 32.4 Å². The Hall–Kier alpha value is -2.37. The third kappa shape index (κ3) is 4.30. The van der Waals surface area contributed by atoms with Crippen molar-refractivity contribution in [3.8, 4) is 0 Å². The van der Waals surface area contributed by atoms with Crippen LogP contribution in [0.5, 0.6) is 0 Å². The highest BCUT2D eigenvalue weighted by Gasteiger charge is 2.34. The number of benzene rings is 1.